The summed E-state index contributed by atoms with van der Waals surface area (Å²) in [4.78, 5) is 2.08. The van der Waals surface area contributed by atoms with Crippen molar-refractivity contribution in [3.63, 3.8) is 0 Å². The monoisotopic (exact) mass is 277 g/mol. The third-order valence-electron chi connectivity index (χ3n) is 2.92. The molecule has 7 heteroatoms. The average molecular weight is 277 g/mol. The maximum Gasteiger partial charge on any atom is 0.182 e. The van der Waals surface area contributed by atoms with Crippen LogP contribution in [0.15, 0.2) is 4.90 Å². The molecule has 1 aromatic heterocycles. The van der Waals surface area contributed by atoms with Crippen molar-refractivity contribution >= 4 is 32.2 Å². The number of hydrogen-bond donors (Lipinski definition) is 1. The predicted octanol–water partition coefficient (Wildman–Crippen LogP) is 1.61. The van der Waals surface area contributed by atoms with Gasteiger partial charge in [0, 0.05) is 19.3 Å². The fourth-order valence-corrected chi connectivity index (χ4v) is 3.76. The first-order chi connectivity index (χ1) is 7.66. The maximum absolute atomic E-state index is 11.7. The predicted molar refractivity (Wildman–Crippen MR) is 72.3 cm³/mol. The Bertz CT molecular complexity index is 494. The molecular formula is C10H19N3O2S2. The molecule has 0 saturated carbocycles. The van der Waals surface area contributed by atoms with E-state index in [0.717, 1.165) is 17.8 Å². The summed E-state index contributed by atoms with van der Waals surface area (Å²) >= 11 is 1.13. The lowest BCUT2D eigenvalue weighted by atomic mass is 10.1. The van der Waals surface area contributed by atoms with E-state index in [1.54, 1.807) is 0 Å². The van der Waals surface area contributed by atoms with Gasteiger partial charge in [-0.2, -0.15) is 4.37 Å². The molecule has 0 spiro atoms. The average Bonchev–Trinajstić information content (AvgIpc) is 2.57. The molecule has 0 amide bonds. The van der Waals surface area contributed by atoms with Crippen molar-refractivity contribution in [3.05, 3.63) is 0 Å². The quantitative estimate of drug-likeness (QED) is 0.905. The molecule has 0 aliphatic rings. The number of nitrogen functional groups attached to an aromatic ring is 1. The zero-order valence-corrected chi connectivity index (χ0v) is 12.4. The second kappa shape index (κ2) is 4.81. The zero-order chi connectivity index (χ0) is 13.4. The van der Waals surface area contributed by atoms with Gasteiger partial charge in [-0.15, -0.1) is 0 Å². The fraction of sp³-hybridized carbons (Fsp3) is 0.700. The van der Waals surface area contributed by atoms with Crippen LogP contribution in [0.2, 0.25) is 0 Å². The summed E-state index contributed by atoms with van der Waals surface area (Å²) in [5.41, 5.74) is 5.64. The smallest absolute Gasteiger partial charge is 0.182 e. The molecule has 0 radical (unpaired) electrons. The van der Waals surface area contributed by atoms with Gasteiger partial charge in [0.2, 0.25) is 0 Å². The lowest BCUT2D eigenvalue weighted by Crippen LogP contribution is -2.33. The second-order valence-electron chi connectivity index (χ2n) is 4.57. The lowest BCUT2D eigenvalue weighted by molar-refractivity contribution is 0.505. The fourth-order valence-electron chi connectivity index (χ4n) is 1.49. The van der Waals surface area contributed by atoms with Gasteiger partial charge >= 0.3 is 0 Å². The van der Waals surface area contributed by atoms with Crippen LogP contribution in [0, 0.1) is 5.92 Å². The first kappa shape index (κ1) is 14.2. The van der Waals surface area contributed by atoms with Gasteiger partial charge in [0.05, 0.1) is 0 Å². The van der Waals surface area contributed by atoms with Crippen LogP contribution in [0.4, 0.5) is 10.8 Å². The van der Waals surface area contributed by atoms with Crippen molar-refractivity contribution < 1.29 is 8.42 Å². The van der Waals surface area contributed by atoms with Crippen LogP contribution < -0.4 is 10.6 Å². The molecular weight excluding hydrogens is 258 g/mol. The molecule has 0 bridgehead atoms. The van der Waals surface area contributed by atoms with E-state index in [2.05, 4.69) is 18.2 Å². The van der Waals surface area contributed by atoms with Gasteiger partial charge < -0.3 is 10.6 Å². The van der Waals surface area contributed by atoms with Crippen molar-refractivity contribution in [1.82, 2.24) is 4.37 Å². The molecule has 1 atom stereocenters. The van der Waals surface area contributed by atoms with E-state index < -0.39 is 9.84 Å². The number of sulfone groups is 1. The summed E-state index contributed by atoms with van der Waals surface area (Å²) < 4.78 is 27.3. The highest BCUT2D eigenvalue weighted by Crippen LogP contribution is 2.35. The van der Waals surface area contributed by atoms with E-state index >= 15 is 0 Å². The zero-order valence-electron chi connectivity index (χ0n) is 10.8. The topological polar surface area (TPSA) is 76.3 Å². The summed E-state index contributed by atoms with van der Waals surface area (Å²) in [7, 11) is -1.48. The molecule has 1 aromatic rings. The van der Waals surface area contributed by atoms with Gasteiger partial charge in [0.25, 0.3) is 0 Å². The largest absolute Gasteiger partial charge is 0.382 e. The SMILES string of the molecule is CC(C)C(C)N(C)c1snc(N)c1S(C)(=O)=O. The summed E-state index contributed by atoms with van der Waals surface area (Å²) in [5, 5.41) is 0.617. The summed E-state index contributed by atoms with van der Waals surface area (Å²) in [6.07, 6.45) is 1.16. The number of nitrogens with two attached hydrogens (primary N) is 1. The number of hydrogen-bond acceptors (Lipinski definition) is 6. The van der Waals surface area contributed by atoms with E-state index in [-0.39, 0.29) is 16.8 Å². The van der Waals surface area contributed by atoms with E-state index in [9.17, 15) is 8.42 Å². The van der Waals surface area contributed by atoms with Crippen LogP contribution in [0.5, 0.6) is 0 Å². The molecule has 17 heavy (non-hydrogen) atoms. The van der Waals surface area contributed by atoms with E-state index in [1.807, 2.05) is 18.9 Å². The van der Waals surface area contributed by atoms with Crippen molar-refractivity contribution in [2.45, 2.75) is 31.7 Å². The van der Waals surface area contributed by atoms with Gasteiger partial charge in [-0.3, -0.25) is 0 Å². The molecule has 0 aliphatic heterocycles. The highest BCUT2D eigenvalue weighted by Gasteiger charge is 2.26. The van der Waals surface area contributed by atoms with Crippen LogP contribution in [-0.4, -0.2) is 32.1 Å². The maximum atomic E-state index is 11.7. The van der Waals surface area contributed by atoms with Crippen LogP contribution in [0.25, 0.3) is 0 Å². The molecule has 1 rings (SSSR count). The van der Waals surface area contributed by atoms with Crippen molar-refractivity contribution in [2.24, 2.45) is 5.92 Å². The lowest BCUT2D eigenvalue weighted by Gasteiger charge is -2.28. The van der Waals surface area contributed by atoms with Crippen LogP contribution >= 0.6 is 11.5 Å². The molecule has 0 fully saturated rings. The second-order valence-corrected chi connectivity index (χ2v) is 7.27. The minimum Gasteiger partial charge on any atom is -0.382 e. The van der Waals surface area contributed by atoms with Crippen LogP contribution in [0.3, 0.4) is 0 Å². The Labute approximate surface area is 107 Å². The van der Waals surface area contributed by atoms with Gasteiger partial charge in [-0.05, 0) is 24.4 Å². The number of nitrogens with zero attached hydrogens (tertiary/aromatic N) is 2. The molecule has 0 aromatic carbocycles. The summed E-state index contributed by atoms with van der Waals surface area (Å²) in [6.45, 7) is 6.23. The van der Waals surface area contributed by atoms with Crippen molar-refractivity contribution in [2.75, 3.05) is 23.9 Å². The first-order valence-electron chi connectivity index (χ1n) is 5.34. The van der Waals surface area contributed by atoms with Crippen LogP contribution in [-0.2, 0) is 9.84 Å². The normalized spacial score (nSPS) is 14.0. The summed E-state index contributed by atoms with van der Waals surface area (Å²) in [5.74, 6) is 0.506. The van der Waals surface area contributed by atoms with Crippen molar-refractivity contribution in [3.8, 4) is 0 Å². The Hall–Kier alpha value is -0.820. The highest BCUT2D eigenvalue weighted by atomic mass is 32.2. The van der Waals surface area contributed by atoms with Gasteiger partial charge in [0.15, 0.2) is 15.7 Å². The first-order valence-corrected chi connectivity index (χ1v) is 8.00. The van der Waals surface area contributed by atoms with E-state index in [4.69, 9.17) is 5.73 Å². The molecule has 0 aliphatic carbocycles. The van der Waals surface area contributed by atoms with Crippen LogP contribution in [0.1, 0.15) is 20.8 Å². The Morgan fingerprint density at radius 2 is 1.88 bits per heavy atom. The molecule has 1 heterocycles. The standard InChI is InChI=1S/C10H19N3O2S2/c1-6(2)7(3)13(4)10-8(17(5,14)15)9(11)12-16-10/h6-7H,1-5H3,(H2,11,12). The Kier molecular flexibility index (Phi) is 4.03. The number of aromatic nitrogens is 1. The van der Waals surface area contributed by atoms with E-state index in [0.29, 0.717) is 10.9 Å². The molecule has 5 nitrogen and oxygen atoms in total. The van der Waals surface area contributed by atoms with Gasteiger partial charge in [-0.25, -0.2) is 8.42 Å². The molecule has 98 valence electrons. The summed E-state index contributed by atoms with van der Waals surface area (Å²) in [6, 6.07) is 0.218. The number of anilines is 2. The molecule has 0 saturated heterocycles. The minimum atomic E-state index is -3.34. The van der Waals surface area contributed by atoms with E-state index in [1.165, 1.54) is 0 Å². The van der Waals surface area contributed by atoms with Gasteiger partial charge in [0.1, 0.15) is 9.90 Å². The third kappa shape index (κ3) is 2.90. The van der Waals surface area contributed by atoms with Gasteiger partial charge in [-0.1, -0.05) is 13.8 Å². The molecule has 1 unspecified atom stereocenters. The Morgan fingerprint density at radius 3 is 2.29 bits per heavy atom. The van der Waals surface area contributed by atoms with Crippen molar-refractivity contribution in [1.29, 1.82) is 0 Å². The highest BCUT2D eigenvalue weighted by molar-refractivity contribution is 7.91. The molecule has 2 N–H and O–H groups in total. The number of rotatable bonds is 4. The minimum absolute atomic E-state index is 0.0929. The third-order valence-corrected chi connectivity index (χ3v) is 5.15. The Morgan fingerprint density at radius 1 is 1.35 bits per heavy atom. The Balaban J connectivity index is 3.25.